The normalized spacial score (nSPS) is 11.4. The van der Waals surface area contributed by atoms with Crippen LogP contribution in [0.25, 0.3) is 0 Å². The van der Waals surface area contributed by atoms with Gasteiger partial charge in [0.15, 0.2) is 9.84 Å². The van der Waals surface area contributed by atoms with Gasteiger partial charge in [0.25, 0.3) is 5.91 Å². The third-order valence-corrected chi connectivity index (χ3v) is 4.91. The molecule has 0 spiro atoms. The summed E-state index contributed by atoms with van der Waals surface area (Å²) in [5.74, 6) is -1.21. The van der Waals surface area contributed by atoms with E-state index >= 15 is 0 Å². The van der Waals surface area contributed by atoms with E-state index in [0.29, 0.717) is 12.3 Å². The van der Waals surface area contributed by atoms with E-state index in [1.165, 1.54) is 12.1 Å². The van der Waals surface area contributed by atoms with Gasteiger partial charge in [-0.05, 0) is 26.0 Å². The van der Waals surface area contributed by atoms with Crippen LogP contribution in [0.4, 0.5) is 0 Å². The van der Waals surface area contributed by atoms with Crippen LogP contribution in [0, 0.1) is 6.92 Å². The van der Waals surface area contributed by atoms with Crippen LogP contribution < -0.4 is 4.74 Å². The van der Waals surface area contributed by atoms with Crippen LogP contribution in [-0.2, 0) is 9.84 Å². The molecule has 2 rings (SSSR count). The highest BCUT2D eigenvalue weighted by atomic mass is 35.5. The molecule has 0 radical (unpaired) electrons. The molecule has 22 heavy (non-hydrogen) atoms. The Hall–Kier alpha value is -1.86. The molecule has 0 aliphatic carbocycles. The Bertz CT molecular complexity index is 799. The Morgan fingerprint density at radius 2 is 2.05 bits per heavy atom. The predicted octanol–water partition coefficient (Wildman–Crippen LogP) is 2.36. The van der Waals surface area contributed by atoms with Gasteiger partial charge in [-0.1, -0.05) is 23.7 Å². The molecule has 0 bridgehead atoms. The minimum Gasteiger partial charge on any atom is -0.478 e. The molecule has 0 saturated carbocycles. The van der Waals surface area contributed by atoms with E-state index in [-0.39, 0.29) is 15.8 Å². The third-order valence-electron chi connectivity index (χ3n) is 2.81. The summed E-state index contributed by atoms with van der Waals surface area (Å²) < 4.78 is 30.9. The van der Waals surface area contributed by atoms with Crippen LogP contribution >= 0.6 is 11.6 Å². The quantitative estimate of drug-likeness (QED) is 0.833. The molecule has 8 heteroatoms. The number of carbonyl (C=O) groups excluding carboxylic acids is 1. The first-order chi connectivity index (χ1) is 10.3. The van der Waals surface area contributed by atoms with Crippen molar-refractivity contribution in [2.24, 2.45) is 0 Å². The molecule has 1 heterocycles. The molecule has 2 aromatic rings. The zero-order valence-corrected chi connectivity index (χ0v) is 13.7. The number of hydrogen-bond acceptors (Lipinski definition) is 5. The van der Waals surface area contributed by atoms with Crippen LogP contribution in [0.2, 0.25) is 5.02 Å². The second-order valence-corrected chi connectivity index (χ2v) is 6.92. The molecule has 6 nitrogen and oxygen atoms in total. The van der Waals surface area contributed by atoms with Crippen LogP contribution in [0.15, 0.2) is 35.2 Å². The fraction of sp³-hybridized carbons (Fsp3) is 0.286. The van der Waals surface area contributed by atoms with Crippen molar-refractivity contribution in [3.63, 3.8) is 0 Å². The molecule has 0 N–H and O–H groups in total. The van der Waals surface area contributed by atoms with E-state index in [9.17, 15) is 13.2 Å². The summed E-state index contributed by atoms with van der Waals surface area (Å²) >= 11 is 5.89. The van der Waals surface area contributed by atoms with Crippen LogP contribution in [-0.4, -0.2) is 36.5 Å². The third kappa shape index (κ3) is 3.48. The van der Waals surface area contributed by atoms with Gasteiger partial charge in [0.05, 0.1) is 22.2 Å². The number of hydrogen-bond donors (Lipinski definition) is 0. The van der Waals surface area contributed by atoms with Crippen molar-refractivity contribution >= 4 is 27.3 Å². The average Bonchev–Trinajstić information content (AvgIpc) is 2.80. The van der Waals surface area contributed by atoms with E-state index in [2.05, 4.69) is 5.10 Å². The van der Waals surface area contributed by atoms with E-state index in [0.717, 1.165) is 4.68 Å². The van der Waals surface area contributed by atoms with Crippen LogP contribution in [0.1, 0.15) is 17.4 Å². The van der Waals surface area contributed by atoms with Gasteiger partial charge in [-0.2, -0.15) is 9.78 Å². The Morgan fingerprint density at radius 3 is 2.68 bits per heavy atom. The monoisotopic (exact) mass is 342 g/mol. The van der Waals surface area contributed by atoms with Crippen molar-refractivity contribution in [2.75, 3.05) is 12.4 Å². The van der Waals surface area contributed by atoms with E-state index in [1.54, 1.807) is 32.0 Å². The van der Waals surface area contributed by atoms with Crippen molar-refractivity contribution in [1.29, 1.82) is 0 Å². The number of carbonyl (C=O) groups is 1. The molecule has 0 aliphatic rings. The lowest BCUT2D eigenvalue weighted by molar-refractivity contribution is 0.0910. The maximum Gasteiger partial charge on any atom is 0.265 e. The van der Waals surface area contributed by atoms with Gasteiger partial charge < -0.3 is 4.74 Å². The SMILES string of the molecule is CCOc1cc(C)nn1C(=O)CS(=O)(=O)c1ccccc1Cl. The van der Waals surface area contributed by atoms with E-state index in [1.807, 2.05) is 0 Å². The number of aryl methyl sites for hydroxylation is 1. The Labute approximate surface area is 133 Å². The molecule has 0 aliphatic heterocycles. The number of rotatable bonds is 5. The van der Waals surface area contributed by atoms with E-state index in [4.69, 9.17) is 16.3 Å². The summed E-state index contributed by atoms with van der Waals surface area (Å²) in [5.41, 5.74) is 0.562. The molecule has 118 valence electrons. The largest absolute Gasteiger partial charge is 0.478 e. The molecule has 1 aromatic heterocycles. The maximum atomic E-state index is 12.3. The zero-order chi connectivity index (χ0) is 16.3. The Morgan fingerprint density at radius 1 is 1.36 bits per heavy atom. The number of benzene rings is 1. The smallest absolute Gasteiger partial charge is 0.265 e. The van der Waals surface area contributed by atoms with Gasteiger partial charge in [0, 0.05) is 6.07 Å². The second-order valence-electron chi connectivity index (χ2n) is 4.55. The zero-order valence-electron chi connectivity index (χ0n) is 12.1. The van der Waals surface area contributed by atoms with Crippen LogP contribution in [0.3, 0.4) is 0 Å². The number of ether oxygens (including phenoxy) is 1. The van der Waals surface area contributed by atoms with Gasteiger partial charge in [0.2, 0.25) is 5.88 Å². The van der Waals surface area contributed by atoms with Crippen LogP contribution in [0.5, 0.6) is 5.88 Å². The molecule has 0 atom stereocenters. The first-order valence-corrected chi connectivity index (χ1v) is 8.58. The lowest BCUT2D eigenvalue weighted by Gasteiger charge is -2.08. The van der Waals surface area contributed by atoms with Gasteiger partial charge in [0.1, 0.15) is 5.75 Å². The van der Waals surface area contributed by atoms with Crippen molar-refractivity contribution in [2.45, 2.75) is 18.7 Å². The predicted molar refractivity (Wildman–Crippen MR) is 82.3 cm³/mol. The minimum atomic E-state index is -3.86. The van der Waals surface area contributed by atoms with Crippen molar-refractivity contribution in [1.82, 2.24) is 9.78 Å². The Balaban J connectivity index is 2.31. The average molecular weight is 343 g/mol. The number of sulfone groups is 1. The molecule has 0 unspecified atom stereocenters. The molecule has 0 fully saturated rings. The first kappa shape index (κ1) is 16.5. The highest BCUT2D eigenvalue weighted by Crippen LogP contribution is 2.22. The standard InChI is InChI=1S/C14H15ClN2O4S/c1-3-21-14-8-10(2)16-17(14)13(18)9-22(19,20)12-7-5-4-6-11(12)15/h4-8H,3,9H2,1-2H3. The number of halogens is 1. The summed E-state index contributed by atoms with van der Waals surface area (Å²) in [7, 11) is -3.86. The van der Waals surface area contributed by atoms with E-state index < -0.39 is 21.5 Å². The molecular formula is C14H15ClN2O4S. The highest BCUT2D eigenvalue weighted by Gasteiger charge is 2.25. The minimum absolute atomic E-state index is 0.0770. The lowest BCUT2D eigenvalue weighted by Crippen LogP contribution is -2.24. The Kier molecular flexibility index (Phi) is 4.87. The summed E-state index contributed by atoms with van der Waals surface area (Å²) in [6.07, 6.45) is 0. The summed E-state index contributed by atoms with van der Waals surface area (Å²) in [4.78, 5) is 12.2. The lowest BCUT2D eigenvalue weighted by atomic mass is 10.4. The summed E-state index contributed by atoms with van der Waals surface area (Å²) in [6.45, 7) is 3.79. The summed E-state index contributed by atoms with van der Waals surface area (Å²) in [5, 5.41) is 4.05. The fourth-order valence-corrected chi connectivity index (χ4v) is 3.65. The van der Waals surface area contributed by atoms with Gasteiger partial charge in [-0.25, -0.2) is 8.42 Å². The van der Waals surface area contributed by atoms with Crippen molar-refractivity contribution in [3.8, 4) is 5.88 Å². The first-order valence-electron chi connectivity index (χ1n) is 6.55. The maximum absolute atomic E-state index is 12.3. The fourth-order valence-electron chi connectivity index (χ4n) is 1.90. The second kappa shape index (κ2) is 6.50. The molecule has 1 aromatic carbocycles. The van der Waals surface area contributed by atoms with Gasteiger partial charge >= 0.3 is 0 Å². The van der Waals surface area contributed by atoms with Gasteiger partial charge in [-0.15, -0.1) is 0 Å². The molecular weight excluding hydrogens is 328 g/mol. The van der Waals surface area contributed by atoms with Gasteiger partial charge in [-0.3, -0.25) is 4.79 Å². The number of nitrogens with zero attached hydrogens (tertiary/aromatic N) is 2. The highest BCUT2D eigenvalue weighted by molar-refractivity contribution is 7.92. The molecule has 0 saturated heterocycles. The van der Waals surface area contributed by atoms with Crippen molar-refractivity contribution in [3.05, 3.63) is 41.0 Å². The summed E-state index contributed by atoms with van der Waals surface area (Å²) in [6, 6.07) is 7.56. The topological polar surface area (TPSA) is 78.3 Å². The molecule has 0 amide bonds. The van der Waals surface area contributed by atoms with Crippen molar-refractivity contribution < 1.29 is 17.9 Å². The number of aromatic nitrogens is 2.